The number of thiophene rings is 1. The molecule has 0 radical (unpaired) electrons. The van der Waals surface area contributed by atoms with Crippen molar-refractivity contribution in [1.82, 2.24) is 0 Å². The highest BCUT2D eigenvalue weighted by Gasteiger charge is 2.08. The Labute approximate surface area is 74.2 Å². The van der Waals surface area contributed by atoms with Crippen molar-refractivity contribution < 1.29 is 9.59 Å². The van der Waals surface area contributed by atoms with E-state index in [0.717, 1.165) is 5.56 Å². The minimum atomic E-state index is -0.842. The van der Waals surface area contributed by atoms with E-state index in [1.54, 1.807) is 11.3 Å². The Bertz CT molecular complexity index is 279. The third-order valence-electron chi connectivity index (χ3n) is 1.50. The summed E-state index contributed by atoms with van der Waals surface area (Å²) in [5.74, 6) is -1.34. The molecule has 12 heavy (non-hydrogen) atoms. The highest BCUT2D eigenvalue weighted by Crippen LogP contribution is 2.08. The van der Waals surface area contributed by atoms with Crippen LogP contribution in [0.15, 0.2) is 16.8 Å². The molecule has 0 spiro atoms. The lowest BCUT2D eigenvalue weighted by Crippen LogP contribution is -2.23. The van der Waals surface area contributed by atoms with Crippen LogP contribution in [0.2, 0.25) is 0 Å². The molecule has 0 saturated heterocycles. The molecule has 1 aromatic rings. The molecular weight excluding hydrogens is 174 g/mol. The molecule has 4 heteroatoms. The van der Waals surface area contributed by atoms with Gasteiger partial charge in [-0.05, 0) is 28.8 Å². The summed E-state index contributed by atoms with van der Waals surface area (Å²) in [7, 11) is 0. The molecule has 0 aliphatic heterocycles. The molecule has 0 aliphatic rings. The molecule has 0 fully saturated rings. The first kappa shape index (κ1) is 8.93. The lowest BCUT2D eigenvalue weighted by Gasteiger charge is -1.93. The van der Waals surface area contributed by atoms with Gasteiger partial charge in [-0.25, -0.2) is 0 Å². The van der Waals surface area contributed by atoms with Gasteiger partial charge in [-0.15, -0.1) is 0 Å². The van der Waals surface area contributed by atoms with Gasteiger partial charge in [0, 0.05) is 6.42 Å². The molecule has 0 aromatic carbocycles. The standard InChI is InChI=1S/C8H9NO2S/c9-8(11)7(10)2-1-6-3-4-12-5-6/h3-5H,1-2H2,(H2,9,11). The number of primary amides is 1. The van der Waals surface area contributed by atoms with E-state index in [0.29, 0.717) is 6.42 Å². The summed E-state index contributed by atoms with van der Waals surface area (Å²) >= 11 is 1.57. The minimum Gasteiger partial charge on any atom is -0.363 e. The van der Waals surface area contributed by atoms with Gasteiger partial charge in [0.15, 0.2) is 0 Å². The van der Waals surface area contributed by atoms with Gasteiger partial charge in [-0.1, -0.05) is 0 Å². The fourth-order valence-corrected chi connectivity index (χ4v) is 1.52. The van der Waals surface area contributed by atoms with E-state index in [9.17, 15) is 9.59 Å². The lowest BCUT2D eigenvalue weighted by molar-refractivity contribution is -0.135. The Balaban J connectivity index is 2.37. The number of hydrogen-bond donors (Lipinski definition) is 1. The SMILES string of the molecule is NC(=O)C(=O)CCc1ccsc1. The average molecular weight is 183 g/mol. The molecule has 1 heterocycles. The third kappa shape index (κ3) is 2.47. The van der Waals surface area contributed by atoms with Crippen LogP contribution in [0.1, 0.15) is 12.0 Å². The number of amides is 1. The molecule has 0 unspecified atom stereocenters. The Morgan fingerprint density at radius 1 is 1.50 bits per heavy atom. The smallest absolute Gasteiger partial charge is 0.284 e. The average Bonchev–Trinajstić information content (AvgIpc) is 2.51. The van der Waals surface area contributed by atoms with E-state index in [1.807, 2.05) is 16.8 Å². The molecule has 64 valence electrons. The van der Waals surface area contributed by atoms with E-state index in [1.165, 1.54) is 0 Å². The first-order valence-electron chi connectivity index (χ1n) is 3.54. The molecule has 0 bridgehead atoms. The van der Waals surface area contributed by atoms with Gasteiger partial charge in [0.2, 0.25) is 5.78 Å². The third-order valence-corrected chi connectivity index (χ3v) is 2.23. The van der Waals surface area contributed by atoms with Gasteiger partial charge < -0.3 is 5.73 Å². The number of hydrogen-bond acceptors (Lipinski definition) is 3. The van der Waals surface area contributed by atoms with Crippen molar-refractivity contribution in [3.8, 4) is 0 Å². The minimum absolute atomic E-state index is 0.214. The van der Waals surface area contributed by atoms with Gasteiger partial charge in [0.1, 0.15) is 0 Å². The van der Waals surface area contributed by atoms with Crippen LogP contribution in [0.4, 0.5) is 0 Å². The maximum Gasteiger partial charge on any atom is 0.284 e. The van der Waals surface area contributed by atoms with Gasteiger partial charge in [0.25, 0.3) is 5.91 Å². The summed E-state index contributed by atoms with van der Waals surface area (Å²) in [5.41, 5.74) is 5.87. The summed E-state index contributed by atoms with van der Waals surface area (Å²) in [4.78, 5) is 21.1. The zero-order valence-electron chi connectivity index (χ0n) is 6.45. The molecule has 3 nitrogen and oxygen atoms in total. The van der Waals surface area contributed by atoms with Crippen LogP contribution in [-0.4, -0.2) is 11.7 Å². The maximum absolute atomic E-state index is 10.8. The van der Waals surface area contributed by atoms with Crippen LogP contribution < -0.4 is 5.73 Å². The van der Waals surface area contributed by atoms with Crippen molar-refractivity contribution in [3.05, 3.63) is 22.4 Å². The van der Waals surface area contributed by atoms with Gasteiger partial charge >= 0.3 is 0 Å². The lowest BCUT2D eigenvalue weighted by atomic mass is 10.1. The Kier molecular flexibility index (Phi) is 2.99. The molecule has 0 atom stereocenters. The Hall–Kier alpha value is -1.16. The zero-order valence-corrected chi connectivity index (χ0v) is 7.26. The zero-order chi connectivity index (χ0) is 8.97. The number of nitrogens with two attached hydrogens (primary N) is 1. The van der Waals surface area contributed by atoms with Crippen molar-refractivity contribution >= 4 is 23.0 Å². The first-order valence-corrected chi connectivity index (χ1v) is 4.48. The molecular formula is C8H9NO2S. The van der Waals surface area contributed by atoms with E-state index < -0.39 is 11.7 Å². The molecule has 1 amide bonds. The van der Waals surface area contributed by atoms with Crippen LogP contribution >= 0.6 is 11.3 Å². The fraction of sp³-hybridized carbons (Fsp3) is 0.250. The normalized spacial score (nSPS) is 9.67. The second-order valence-corrected chi connectivity index (χ2v) is 3.20. The number of ketones is 1. The highest BCUT2D eigenvalue weighted by molar-refractivity contribution is 7.07. The summed E-state index contributed by atoms with van der Waals surface area (Å²) in [6.45, 7) is 0. The van der Waals surface area contributed by atoms with Gasteiger partial charge in [0.05, 0.1) is 0 Å². The molecule has 0 aliphatic carbocycles. The fourth-order valence-electron chi connectivity index (χ4n) is 0.816. The van der Waals surface area contributed by atoms with E-state index in [4.69, 9.17) is 5.73 Å². The van der Waals surface area contributed by atoms with E-state index >= 15 is 0 Å². The van der Waals surface area contributed by atoms with Crippen LogP contribution in [0.25, 0.3) is 0 Å². The second kappa shape index (κ2) is 4.01. The van der Waals surface area contributed by atoms with Crippen molar-refractivity contribution in [3.63, 3.8) is 0 Å². The molecule has 0 saturated carbocycles. The molecule has 2 N–H and O–H groups in total. The molecule has 1 rings (SSSR count). The monoisotopic (exact) mass is 183 g/mol. The predicted molar refractivity (Wildman–Crippen MR) is 46.8 cm³/mol. The topological polar surface area (TPSA) is 60.2 Å². The number of rotatable bonds is 4. The highest BCUT2D eigenvalue weighted by atomic mass is 32.1. The van der Waals surface area contributed by atoms with Crippen molar-refractivity contribution in [2.75, 3.05) is 0 Å². The maximum atomic E-state index is 10.8. The molecule has 1 aromatic heterocycles. The van der Waals surface area contributed by atoms with E-state index in [2.05, 4.69) is 0 Å². The van der Waals surface area contributed by atoms with Crippen molar-refractivity contribution in [1.29, 1.82) is 0 Å². The van der Waals surface area contributed by atoms with Gasteiger partial charge in [-0.3, -0.25) is 9.59 Å². The number of Topliss-reactive ketones (excluding diaryl/α,β-unsaturated/α-hetero) is 1. The Morgan fingerprint density at radius 2 is 2.25 bits per heavy atom. The largest absolute Gasteiger partial charge is 0.363 e. The summed E-state index contributed by atoms with van der Waals surface area (Å²) in [5, 5.41) is 3.89. The number of aryl methyl sites for hydroxylation is 1. The van der Waals surface area contributed by atoms with Crippen LogP contribution in [0.3, 0.4) is 0 Å². The van der Waals surface area contributed by atoms with Crippen LogP contribution in [-0.2, 0) is 16.0 Å². The summed E-state index contributed by atoms with van der Waals surface area (Å²) in [6.07, 6.45) is 0.817. The summed E-state index contributed by atoms with van der Waals surface area (Å²) in [6, 6.07) is 1.93. The van der Waals surface area contributed by atoms with Crippen LogP contribution in [0.5, 0.6) is 0 Å². The second-order valence-electron chi connectivity index (χ2n) is 2.42. The van der Waals surface area contributed by atoms with Crippen LogP contribution in [0, 0.1) is 0 Å². The quantitative estimate of drug-likeness (QED) is 0.700. The van der Waals surface area contributed by atoms with Crippen molar-refractivity contribution in [2.45, 2.75) is 12.8 Å². The number of carbonyl (C=O) groups is 2. The Morgan fingerprint density at radius 3 is 2.75 bits per heavy atom. The first-order chi connectivity index (χ1) is 5.70. The summed E-state index contributed by atoms with van der Waals surface area (Å²) < 4.78 is 0. The van der Waals surface area contributed by atoms with Gasteiger partial charge in [-0.2, -0.15) is 11.3 Å². The van der Waals surface area contributed by atoms with Crippen molar-refractivity contribution in [2.24, 2.45) is 5.73 Å². The predicted octanol–water partition coefficient (Wildman–Crippen LogP) is 0.735. The number of carbonyl (C=O) groups excluding carboxylic acids is 2. The van der Waals surface area contributed by atoms with E-state index in [-0.39, 0.29) is 6.42 Å².